The number of carbonyl (C=O) groups excluding carboxylic acids is 1. The molecule has 0 aromatic rings. The lowest BCUT2D eigenvalue weighted by Gasteiger charge is -2.50. The van der Waals surface area contributed by atoms with Crippen LogP contribution in [0.1, 0.15) is 52.9 Å². The molecular formula is C22H32N2O5. The number of amides is 1. The number of oxime groups is 1. The van der Waals surface area contributed by atoms with Crippen molar-refractivity contribution in [3.8, 4) is 0 Å². The highest BCUT2D eigenvalue weighted by Gasteiger charge is 2.79. The van der Waals surface area contributed by atoms with Gasteiger partial charge >= 0.3 is 0 Å². The standard InChI is InChI=1S/C22H32N2O5/c1-11(2)9-16-17-12(3)18-19(28-18)15-8-7-14(25)6-4-5-13-10-21(27,29-24-13)22(15,17)20(26)23-16/h7-8,11-12,14-19,25,27H,4-6,9-10H2,1-3H3,(H,23,26)/b8-7+/t12-,14-,15-,16-,17-,18+,19-,21+,22+/m0/s1. The zero-order chi connectivity index (χ0) is 20.6. The third-order valence-corrected chi connectivity index (χ3v) is 7.82. The van der Waals surface area contributed by atoms with Crippen molar-refractivity contribution in [2.75, 3.05) is 0 Å². The smallest absolute Gasteiger partial charge is 0.255 e. The highest BCUT2D eigenvalue weighted by molar-refractivity contribution is 5.92. The third-order valence-electron chi connectivity index (χ3n) is 7.82. The lowest BCUT2D eigenvalue weighted by molar-refractivity contribution is -0.279. The summed E-state index contributed by atoms with van der Waals surface area (Å²) in [4.78, 5) is 19.5. The molecule has 7 heteroatoms. The summed E-state index contributed by atoms with van der Waals surface area (Å²) in [6.07, 6.45) is 6.12. The van der Waals surface area contributed by atoms with Crippen molar-refractivity contribution in [1.82, 2.24) is 5.32 Å². The quantitative estimate of drug-likeness (QED) is 0.480. The molecule has 160 valence electrons. The Balaban J connectivity index is 1.66. The first kappa shape index (κ1) is 19.5. The highest BCUT2D eigenvalue weighted by Crippen LogP contribution is 2.66. The first-order valence-electron chi connectivity index (χ1n) is 11.1. The van der Waals surface area contributed by atoms with Crippen LogP contribution in [-0.4, -0.2) is 52.0 Å². The summed E-state index contributed by atoms with van der Waals surface area (Å²) < 4.78 is 6.06. The Morgan fingerprint density at radius 3 is 2.90 bits per heavy atom. The molecule has 2 saturated heterocycles. The van der Waals surface area contributed by atoms with Crippen LogP contribution in [0.4, 0.5) is 0 Å². The minimum Gasteiger partial charge on any atom is -0.389 e. The van der Waals surface area contributed by atoms with Crippen molar-refractivity contribution in [2.24, 2.45) is 34.2 Å². The van der Waals surface area contributed by atoms with Crippen LogP contribution < -0.4 is 5.32 Å². The lowest BCUT2D eigenvalue weighted by atomic mass is 9.52. The minimum absolute atomic E-state index is 0.0507. The average Bonchev–Trinajstić information content (AvgIpc) is 3.27. The first-order chi connectivity index (χ1) is 13.8. The van der Waals surface area contributed by atoms with Gasteiger partial charge in [-0.15, -0.1) is 0 Å². The maximum Gasteiger partial charge on any atom is 0.255 e. The second kappa shape index (κ2) is 6.53. The van der Waals surface area contributed by atoms with Gasteiger partial charge in [0, 0.05) is 17.9 Å². The number of aliphatic hydroxyl groups excluding tert-OH is 1. The molecule has 2 bridgehead atoms. The monoisotopic (exact) mass is 404 g/mol. The SMILES string of the molecule is CC(C)C[C@@H]1NC(=O)[C@]23[C@H]1[C@H](C)[C@H]1O[C@H]1[C@@H]2/C=C/[C@@H](O)CCCC1=NO[C@]3(O)C1. The minimum atomic E-state index is -1.70. The maximum absolute atomic E-state index is 13.7. The van der Waals surface area contributed by atoms with Crippen LogP contribution in [0, 0.1) is 29.1 Å². The van der Waals surface area contributed by atoms with Crippen molar-refractivity contribution in [3.05, 3.63) is 12.2 Å². The zero-order valence-corrected chi connectivity index (χ0v) is 17.4. The van der Waals surface area contributed by atoms with Gasteiger partial charge in [0.25, 0.3) is 5.79 Å². The molecule has 3 fully saturated rings. The summed E-state index contributed by atoms with van der Waals surface area (Å²) in [6, 6.07) is -0.0507. The van der Waals surface area contributed by atoms with Gasteiger partial charge in [-0.05, 0) is 37.5 Å². The van der Waals surface area contributed by atoms with E-state index in [-0.39, 0.29) is 48.3 Å². The van der Waals surface area contributed by atoms with E-state index >= 15 is 0 Å². The van der Waals surface area contributed by atoms with Crippen LogP contribution in [0.5, 0.6) is 0 Å². The van der Waals surface area contributed by atoms with Gasteiger partial charge in [0.2, 0.25) is 5.91 Å². The topological polar surface area (TPSA) is 104 Å². The summed E-state index contributed by atoms with van der Waals surface area (Å²) in [7, 11) is 0. The highest BCUT2D eigenvalue weighted by atomic mass is 16.7. The predicted molar refractivity (Wildman–Crippen MR) is 106 cm³/mol. The van der Waals surface area contributed by atoms with E-state index in [1.807, 2.05) is 6.08 Å². The second-order valence-electron chi connectivity index (χ2n) is 10.1. The summed E-state index contributed by atoms with van der Waals surface area (Å²) in [5, 5.41) is 29.7. The number of ether oxygens (including phenoxy) is 1. The van der Waals surface area contributed by atoms with E-state index in [2.05, 4.69) is 31.2 Å². The van der Waals surface area contributed by atoms with Crippen molar-refractivity contribution in [3.63, 3.8) is 0 Å². The Morgan fingerprint density at radius 2 is 2.14 bits per heavy atom. The first-order valence-corrected chi connectivity index (χ1v) is 11.1. The van der Waals surface area contributed by atoms with E-state index in [1.165, 1.54) is 0 Å². The molecule has 3 heterocycles. The Morgan fingerprint density at radius 1 is 1.34 bits per heavy atom. The average molecular weight is 405 g/mol. The van der Waals surface area contributed by atoms with Crippen molar-refractivity contribution in [1.29, 1.82) is 0 Å². The van der Waals surface area contributed by atoms with E-state index in [4.69, 9.17) is 9.57 Å². The molecule has 0 radical (unpaired) electrons. The number of epoxide rings is 1. The van der Waals surface area contributed by atoms with Crippen LogP contribution in [0.15, 0.2) is 17.3 Å². The number of aliphatic hydroxyl groups is 2. The molecule has 0 aromatic carbocycles. The van der Waals surface area contributed by atoms with Crippen LogP contribution >= 0.6 is 0 Å². The van der Waals surface area contributed by atoms with Gasteiger partial charge < -0.3 is 25.1 Å². The summed E-state index contributed by atoms with van der Waals surface area (Å²) in [6.45, 7) is 6.42. The molecular weight excluding hydrogens is 372 g/mol. The molecule has 9 atom stereocenters. The number of hydrogen-bond acceptors (Lipinski definition) is 6. The number of nitrogens with zero attached hydrogens (tertiary/aromatic N) is 1. The van der Waals surface area contributed by atoms with Gasteiger partial charge in [-0.25, -0.2) is 0 Å². The maximum atomic E-state index is 13.7. The molecule has 0 aromatic heterocycles. The normalized spacial score (nSPS) is 51.7. The molecule has 29 heavy (non-hydrogen) atoms. The van der Waals surface area contributed by atoms with Gasteiger partial charge in [-0.1, -0.05) is 38.1 Å². The van der Waals surface area contributed by atoms with Gasteiger partial charge in [0.05, 0.1) is 30.4 Å². The van der Waals surface area contributed by atoms with Crippen molar-refractivity contribution < 1.29 is 24.6 Å². The summed E-state index contributed by atoms with van der Waals surface area (Å²) in [5.74, 6) is -1.84. The van der Waals surface area contributed by atoms with E-state index in [1.54, 1.807) is 6.08 Å². The number of nitrogens with one attached hydrogen (secondary N) is 1. The fourth-order valence-corrected chi connectivity index (χ4v) is 6.68. The third kappa shape index (κ3) is 2.66. The molecule has 5 rings (SSSR count). The molecule has 5 aliphatic rings. The van der Waals surface area contributed by atoms with Gasteiger partial charge in [0.15, 0.2) is 0 Å². The fraction of sp³-hybridized carbons (Fsp3) is 0.818. The molecule has 0 unspecified atom stereocenters. The number of fused-ring (bicyclic) bond motifs is 4. The Bertz CT molecular complexity index is 766. The fourth-order valence-electron chi connectivity index (χ4n) is 6.68. The predicted octanol–water partition coefficient (Wildman–Crippen LogP) is 1.73. The Labute approximate surface area is 171 Å². The molecule has 2 aliphatic carbocycles. The number of carbonyl (C=O) groups is 1. The molecule has 1 saturated carbocycles. The van der Waals surface area contributed by atoms with Crippen LogP contribution in [0.2, 0.25) is 0 Å². The molecule has 1 amide bonds. The number of rotatable bonds is 2. The van der Waals surface area contributed by atoms with Gasteiger partial charge in [-0.3, -0.25) is 4.79 Å². The van der Waals surface area contributed by atoms with Crippen molar-refractivity contribution >= 4 is 11.6 Å². The Hall–Kier alpha value is -1.44. The molecule has 7 nitrogen and oxygen atoms in total. The van der Waals surface area contributed by atoms with E-state index < -0.39 is 17.3 Å². The largest absolute Gasteiger partial charge is 0.389 e. The van der Waals surface area contributed by atoms with Gasteiger partial charge in [-0.2, -0.15) is 0 Å². The summed E-state index contributed by atoms with van der Waals surface area (Å²) >= 11 is 0. The molecule has 1 spiro atoms. The molecule has 3 N–H and O–H groups in total. The van der Waals surface area contributed by atoms with Crippen molar-refractivity contribution in [2.45, 2.75) is 83.0 Å². The van der Waals surface area contributed by atoms with Crippen LogP contribution in [-0.2, 0) is 14.4 Å². The van der Waals surface area contributed by atoms with E-state index in [0.29, 0.717) is 18.8 Å². The zero-order valence-electron chi connectivity index (χ0n) is 17.4. The van der Waals surface area contributed by atoms with Crippen LogP contribution in [0.3, 0.4) is 0 Å². The van der Waals surface area contributed by atoms with Crippen LogP contribution in [0.25, 0.3) is 0 Å². The second-order valence-corrected chi connectivity index (χ2v) is 10.1. The summed E-state index contributed by atoms with van der Waals surface area (Å²) in [5.41, 5.74) is -0.421. The lowest BCUT2D eigenvalue weighted by Crippen LogP contribution is -2.64. The van der Waals surface area contributed by atoms with E-state index in [9.17, 15) is 15.0 Å². The Kier molecular flexibility index (Phi) is 4.39. The van der Waals surface area contributed by atoms with Gasteiger partial charge in [0.1, 0.15) is 5.41 Å². The number of hydrogen-bond donors (Lipinski definition) is 3. The van der Waals surface area contributed by atoms with E-state index in [0.717, 1.165) is 18.6 Å². The molecule has 3 aliphatic heterocycles.